The van der Waals surface area contributed by atoms with Crippen LogP contribution in [0.5, 0.6) is 5.75 Å². The summed E-state index contributed by atoms with van der Waals surface area (Å²) < 4.78 is 10.5. The average Bonchev–Trinajstić information content (AvgIpc) is 3.11. The fourth-order valence-electron chi connectivity index (χ4n) is 2.43. The molecule has 20 heavy (non-hydrogen) atoms. The van der Waals surface area contributed by atoms with Gasteiger partial charge < -0.3 is 14.5 Å². The molecule has 0 radical (unpaired) electrons. The number of ether oxygens (including phenoxy) is 1. The monoisotopic (exact) mass is 272 g/mol. The standard InChI is InChI=1S/C15H16N2O3/c18-15(17-12-5-1-2-6-12)20-13-7-3-4-11(10-13)14-16-8-9-19-14/h3-4,7-10,12H,1-2,5-6H2,(H,17,18). The van der Waals surface area contributed by atoms with E-state index in [0.29, 0.717) is 11.6 Å². The maximum atomic E-state index is 11.8. The van der Waals surface area contributed by atoms with E-state index in [1.54, 1.807) is 24.4 Å². The van der Waals surface area contributed by atoms with Gasteiger partial charge in [0.15, 0.2) is 0 Å². The molecule has 0 bridgehead atoms. The Morgan fingerprint density at radius 3 is 2.95 bits per heavy atom. The Morgan fingerprint density at radius 2 is 2.20 bits per heavy atom. The third kappa shape index (κ3) is 2.99. The van der Waals surface area contributed by atoms with Gasteiger partial charge in [-0.05, 0) is 31.0 Å². The molecule has 0 spiro atoms. The van der Waals surface area contributed by atoms with Crippen LogP contribution in [-0.2, 0) is 0 Å². The summed E-state index contributed by atoms with van der Waals surface area (Å²) in [5.74, 6) is 0.989. The van der Waals surface area contributed by atoms with E-state index in [9.17, 15) is 4.79 Å². The Labute approximate surface area is 117 Å². The molecule has 2 aromatic rings. The molecule has 0 unspecified atom stereocenters. The number of carbonyl (C=O) groups is 1. The van der Waals surface area contributed by atoms with E-state index < -0.39 is 6.09 Å². The zero-order valence-electron chi connectivity index (χ0n) is 11.0. The molecule has 1 heterocycles. The number of aromatic nitrogens is 1. The summed E-state index contributed by atoms with van der Waals surface area (Å²) in [7, 11) is 0. The Kier molecular flexibility index (Phi) is 3.67. The molecule has 1 N–H and O–H groups in total. The minimum Gasteiger partial charge on any atom is -0.445 e. The van der Waals surface area contributed by atoms with Crippen LogP contribution in [0.4, 0.5) is 4.79 Å². The van der Waals surface area contributed by atoms with E-state index in [1.165, 1.54) is 19.1 Å². The number of carbonyl (C=O) groups excluding carboxylic acids is 1. The predicted octanol–water partition coefficient (Wildman–Crippen LogP) is 3.37. The van der Waals surface area contributed by atoms with Crippen molar-refractivity contribution >= 4 is 6.09 Å². The minimum absolute atomic E-state index is 0.248. The minimum atomic E-state index is -0.401. The lowest BCUT2D eigenvalue weighted by Gasteiger charge is -2.12. The van der Waals surface area contributed by atoms with Gasteiger partial charge in [-0.3, -0.25) is 0 Å². The van der Waals surface area contributed by atoms with Crippen molar-refractivity contribution in [3.63, 3.8) is 0 Å². The number of nitrogens with one attached hydrogen (secondary N) is 1. The fourth-order valence-corrected chi connectivity index (χ4v) is 2.43. The van der Waals surface area contributed by atoms with Crippen molar-refractivity contribution < 1.29 is 13.9 Å². The first-order valence-electron chi connectivity index (χ1n) is 6.79. The lowest BCUT2D eigenvalue weighted by atomic mass is 10.2. The molecule has 104 valence electrons. The summed E-state index contributed by atoms with van der Waals surface area (Å²) in [5.41, 5.74) is 0.779. The number of amides is 1. The van der Waals surface area contributed by atoms with Crippen LogP contribution in [0.25, 0.3) is 11.5 Å². The molecule has 1 saturated carbocycles. The molecule has 1 aromatic carbocycles. The lowest BCUT2D eigenvalue weighted by molar-refractivity contribution is 0.196. The second-order valence-electron chi connectivity index (χ2n) is 4.88. The van der Waals surface area contributed by atoms with Crippen LogP contribution in [0.15, 0.2) is 41.1 Å². The van der Waals surface area contributed by atoms with Crippen molar-refractivity contribution in [3.8, 4) is 17.2 Å². The molecule has 0 atom stereocenters. The van der Waals surface area contributed by atoms with Gasteiger partial charge in [-0.25, -0.2) is 9.78 Å². The van der Waals surface area contributed by atoms with Gasteiger partial charge in [-0.2, -0.15) is 0 Å². The van der Waals surface area contributed by atoms with Crippen molar-refractivity contribution in [3.05, 3.63) is 36.7 Å². The summed E-state index contributed by atoms with van der Waals surface area (Å²) >= 11 is 0. The van der Waals surface area contributed by atoms with Crippen molar-refractivity contribution in [1.82, 2.24) is 10.3 Å². The highest BCUT2D eigenvalue weighted by atomic mass is 16.6. The van der Waals surface area contributed by atoms with Crippen LogP contribution in [0.2, 0.25) is 0 Å². The van der Waals surface area contributed by atoms with E-state index in [2.05, 4.69) is 10.3 Å². The smallest absolute Gasteiger partial charge is 0.412 e. The molecular formula is C15H16N2O3. The van der Waals surface area contributed by atoms with Crippen LogP contribution >= 0.6 is 0 Å². The third-order valence-corrected chi connectivity index (χ3v) is 3.40. The summed E-state index contributed by atoms with van der Waals surface area (Å²) in [4.78, 5) is 15.9. The van der Waals surface area contributed by atoms with Crippen molar-refractivity contribution in [2.45, 2.75) is 31.7 Å². The molecule has 0 saturated heterocycles. The molecule has 5 heteroatoms. The van der Waals surface area contributed by atoms with Crippen LogP contribution in [-0.4, -0.2) is 17.1 Å². The highest BCUT2D eigenvalue weighted by molar-refractivity contribution is 5.71. The number of benzene rings is 1. The Hall–Kier alpha value is -2.30. The lowest BCUT2D eigenvalue weighted by Crippen LogP contribution is -2.34. The summed E-state index contributed by atoms with van der Waals surface area (Å²) in [6, 6.07) is 7.38. The van der Waals surface area contributed by atoms with Gasteiger partial charge in [0.2, 0.25) is 5.89 Å². The molecule has 1 aliphatic rings. The van der Waals surface area contributed by atoms with E-state index in [4.69, 9.17) is 9.15 Å². The summed E-state index contributed by atoms with van der Waals surface area (Å²) in [6.45, 7) is 0. The van der Waals surface area contributed by atoms with Gasteiger partial charge in [-0.1, -0.05) is 18.9 Å². The molecule has 0 aliphatic heterocycles. The molecule has 3 rings (SSSR count). The Bertz CT molecular complexity index is 575. The van der Waals surface area contributed by atoms with E-state index in [0.717, 1.165) is 18.4 Å². The average molecular weight is 272 g/mol. The Balaban J connectivity index is 1.65. The van der Waals surface area contributed by atoms with Crippen LogP contribution in [0.3, 0.4) is 0 Å². The van der Waals surface area contributed by atoms with Gasteiger partial charge in [0.25, 0.3) is 0 Å². The quantitative estimate of drug-likeness (QED) is 0.930. The number of oxazole rings is 1. The van der Waals surface area contributed by atoms with Crippen LogP contribution in [0.1, 0.15) is 25.7 Å². The second kappa shape index (κ2) is 5.77. The molecular weight excluding hydrogens is 256 g/mol. The molecule has 1 amide bonds. The first-order chi connectivity index (χ1) is 9.81. The second-order valence-corrected chi connectivity index (χ2v) is 4.88. The molecule has 1 fully saturated rings. The highest BCUT2D eigenvalue weighted by Gasteiger charge is 2.18. The van der Waals surface area contributed by atoms with E-state index >= 15 is 0 Å². The fraction of sp³-hybridized carbons (Fsp3) is 0.333. The van der Waals surface area contributed by atoms with Gasteiger partial charge >= 0.3 is 6.09 Å². The van der Waals surface area contributed by atoms with E-state index in [1.807, 2.05) is 6.07 Å². The number of nitrogens with zero attached hydrogens (tertiary/aromatic N) is 1. The first kappa shape index (κ1) is 12.7. The van der Waals surface area contributed by atoms with Crippen molar-refractivity contribution in [2.24, 2.45) is 0 Å². The summed E-state index contributed by atoms with van der Waals surface area (Å²) in [5, 5.41) is 2.88. The number of hydrogen-bond donors (Lipinski definition) is 1. The van der Waals surface area contributed by atoms with E-state index in [-0.39, 0.29) is 6.04 Å². The summed E-state index contributed by atoms with van der Waals surface area (Å²) in [6.07, 6.45) is 7.10. The first-order valence-corrected chi connectivity index (χ1v) is 6.79. The van der Waals surface area contributed by atoms with Gasteiger partial charge in [0.05, 0.1) is 6.20 Å². The van der Waals surface area contributed by atoms with Crippen molar-refractivity contribution in [2.75, 3.05) is 0 Å². The topological polar surface area (TPSA) is 64.4 Å². The maximum absolute atomic E-state index is 11.8. The zero-order chi connectivity index (χ0) is 13.8. The maximum Gasteiger partial charge on any atom is 0.412 e. The molecule has 1 aromatic heterocycles. The predicted molar refractivity (Wildman–Crippen MR) is 73.4 cm³/mol. The zero-order valence-corrected chi connectivity index (χ0v) is 11.0. The number of hydrogen-bond acceptors (Lipinski definition) is 4. The van der Waals surface area contributed by atoms with Crippen LogP contribution in [0, 0.1) is 0 Å². The van der Waals surface area contributed by atoms with Gasteiger partial charge in [0.1, 0.15) is 12.0 Å². The van der Waals surface area contributed by atoms with Crippen molar-refractivity contribution in [1.29, 1.82) is 0 Å². The SMILES string of the molecule is O=C(NC1CCCC1)Oc1cccc(-c2ncco2)c1. The Morgan fingerprint density at radius 1 is 1.35 bits per heavy atom. The normalized spacial score (nSPS) is 15.2. The van der Waals surface area contributed by atoms with Crippen LogP contribution < -0.4 is 10.1 Å². The molecule has 1 aliphatic carbocycles. The number of rotatable bonds is 3. The third-order valence-electron chi connectivity index (χ3n) is 3.40. The van der Waals surface area contributed by atoms with Gasteiger partial charge in [-0.15, -0.1) is 0 Å². The largest absolute Gasteiger partial charge is 0.445 e. The van der Waals surface area contributed by atoms with Gasteiger partial charge in [0, 0.05) is 11.6 Å². The molecule has 5 nitrogen and oxygen atoms in total. The highest BCUT2D eigenvalue weighted by Crippen LogP contribution is 2.23.